The number of aliphatic hydroxyl groups is 1. The lowest BCUT2D eigenvalue weighted by Gasteiger charge is -2.30. The molecule has 0 bridgehead atoms. The molecular weight excluding hydrogens is 589 g/mol. The Bertz CT molecular complexity index is 1360. The smallest absolute Gasteiger partial charge is 0.416 e. The van der Waals surface area contributed by atoms with Gasteiger partial charge in [0.15, 0.2) is 11.6 Å². The van der Waals surface area contributed by atoms with E-state index in [1.807, 2.05) is 24.3 Å². The van der Waals surface area contributed by atoms with Crippen molar-refractivity contribution in [2.24, 2.45) is 4.99 Å². The minimum absolute atomic E-state index is 0.00325. The average Bonchev–Trinajstić information content (AvgIpc) is 3.32. The van der Waals surface area contributed by atoms with Crippen LogP contribution in [-0.4, -0.2) is 35.7 Å². The third kappa shape index (κ3) is 6.56. The van der Waals surface area contributed by atoms with Crippen molar-refractivity contribution in [3.63, 3.8) is 0 Å². The van der Waals surface area contributed by atoms with E-state index in [1.54, 1.807) is 30.3 Å². The SMILES string of the molecule is C=CC[C@@]1(C(=O)NCc2ccc(C(F)(F)F)cc2)N=C(c2ccc(OCCCO)cc2)O[C@@H]1c1ccccc1Br. The number of ether oxygens (including phenoxy) is 2. The highest BCUT2D eigenvalue weighted by Gasteiger charge is 2.52. The number of halogens is 4. The molecule has 10 heteroatoms. The molecule has 2 atom stereocenters. The normalized spacial score (nSPS) is 18.5. The Hall–Kier alpha value is -3.63. The van der Waals surface area contributed by atoms with Crippen LogP contribution in [-0.2, 0) is 22.3 Å². The molecule has 0 aliphatic carbocycles. The fourth-order valence-corrected chi connectivity index (χ4v) is 4.84. The lowest BCUT2D eigenvalue weighted by atomic mass is 9.84. The summed E-state index contributed by atoms with van der Waals surface area (Å²) in [5.74, 6) is 0.422. The minimum Gasteiger partial charge on any atom is -0.494 e. The van der Waals surface area contributed by atoms with Crippen LogP contribution in [0.25, 0.3) is 0 Å². The second-order valence-electron chi connectivity index (χ2n) is 9.18. The Morgan fingerprint density at radius 2 is 1.82 bits per heavy atom. The summed E-state index contributed by atoms with van der Waals surface area (Å²) < 4.78 is 51.5. The number of hydrogen-bond acceptors (Lipinski definition) is 5. The Morgan fingerprint density at radius 1 is 1.12 bits per heavy atom. The molecule has 2 N–H and O–H groups in total. The van der Waals surface area contributed by atoms with Gasteiger partial charge in [0, 0.05) is 41.6 Å². The monoisotopic (exact) mass is 616 g/mol. The summed E-state index contributed by atoms with van der Waals surface area (Å²) in [4.78, 5) is 18.7. The molecule has 6 nitrogen and oxygen atoms in total. The number of aliphatic imine (C=N–C) groups is 1. The van der Waals surface area contributed by atoms with Gasteiger partial charge in [-0.25, -0.2) is 4.99 Å². The van der Waals surface area contributed by atoms with Crippen LogP contribution in [0, 0.1) is 0 Å². The molecular formula is C30H28BrF3N2O4. The summed E-state index contributed by atoms with van der Waals surface area (Å²) in [6.45, 7) is 4.25. The maximum Gasteiger partial charge on any atom is 0.416 e. The Balaban J connectivity index is 1.64. The molecule has 40 heavy (non-hydrogen) atoms. The van der Waals surface area contributed by atoms with E-state index in [1.165, 1.54) is 12.1 Å². The zero-order valence-corrected chi connectivity index (χ0v) is 23.0. The maximum absolute atomic E-state index is 13.8. The van der Waals surface area contributed by atoms with Crippen molar-refractivity contribution in [1.29, 1.82) is 0 Å². The van der Waals surface area contributed by atoms with Crippen LogP contribution in [0.3, 0.4) is 0 Å². The van der Waals surface area contributed by atoms with Gasteiger partial charge in [0.25, 0.3) is 5.91 Å². The lowest BCUT2D eigenvalue weighted by molar-refractivity contribution is -0.137. The van der Waals surface area contributed by atoms with Gasteiger partial charge >= 0.3 is 6.18 Å². The number of nitrogens with zero attached hydrogens (tertiary/aromatic N) is 1. The van der Waals surface area contributed by atoms with Gasteiger partial charge in [-0.2, -0.15) is 13.2 Å². The highest BCUT2D eigenvalue weighted by atomic mass is 79.9. The molecule has 0 spiro atoms. The van der Waals surface area contributed by atoms with Crippen molar-refractivity contribution in [3.05, 3.63) is 112 Å². The summed E-state index contributed by atoms with van der Waals surface area (Å²) in [7, 11) is 0. The van der Waals surface area contributed by atoms with Crippen molar-refractivity contribution in [2.45, 2.75) is 37.2 Å². The molecule has 1 amide bonds. The van der Waals surface area contributed by atoms with Crippen molar-refractivity contribution < 1.29 is 32.5 Å². The second kappa shape index (κ2) is 12.7. The second-order valence-corrected chi connectivity index (χ2v) is 10.0. The number of benzene rings is 3. The molecule has 3 aromatic rings. The number of carbonyl (C=O) groups is 1. The van der Waals surface area contributed by atoms with Crippen LogP contribution in [0.4, 0.5) is 13.2 Å². The highest BCUT2D eigenvalue weighted by molar-refractivity contribution is 9.10. The van der Waals surface area contributed by atoms with E-state index in [0.717, 1.165) is 16.6 Å². The molecule has 0 fully saturated rings. The first-order chi connectivity index (χ1) is 19.2. The number of alkyl halides is 3. The van der Waals surface area contributed by atoms with Crippen molar-refractivity contribution in [1.82, 2.24) is 5.32 Å². The van der Waals surface area contributed by atoms with E-state index < -0.39 is 29.3 Å². The van der Waals surface area contributed by atoms with Gasteiger partial charge in [0.1, 0.15) is 5.75 Å². The standard InChI is InChI=1S/C30H28BrF3N2O4/c1-2-16-29(28(38)35-19-20-8-12-22(13-9-20)30(32,33)34)26(24-6-3-4-7-25(24)31)40-27(36-29)21-10-14-23(15-11-21)39-18-5-17-37/h2-4,6-15,26,37H,1,5,16-19H2,(H,35,38)/t26-,29-/m1/s1. The van der Waals surface area contributed by atoms with Gasteiger partial charge < -0.3 is 19.9 Å². The molecule has 4 rings (SSSR count). The van der Waals surface area contributed by atoms with Crippen LogP contribution >= 0.6 is 15.9 Å². The topological polar surface area (TPSA) is 80.2 Å². The van der Waals surface area contributed by atoms with Crippen molar-refractivity contribution in [2.75, 3.05) is 13.2 Å². The molecule has 1 aliphatic rings. The highest BCUT2D eigenvalue weighted by Crippen LogP contribution is 2.44. The van der Waals surface area contributed by atoms with Crippen LogP contribution in [0.5, 0.6) is 5.75 Å². The zero-order valence-electron chi connectivity index (χ0n) is 21.5. The number of amides is 1. The number of rotatable bonds is 11. The Kier molecular flexibility index (Phi) is 9.32. The molecule has 0 radical (unpaired) electrons. The number of aliphatic hydroxyl groups excluding tert-OH is 1. The zero-order chi connectivity index (χ0) is 28.8. The first-order valence-corrected chi connectivity index (χ1v) is 13.4. The van der Waals surface area contributed by atoms with Crippen LogP contribution in [0.1, 0.15) is 41.2 Å². The molecule has 0 saturated carbocycles. The van der Waals surface area contributed by atoms with Crippen LogP contribution in [0.2, 0.25) is 0 Å². The van der Waals surface area contributed by atoms with E-state index in [9.17, 15) is 18.0 Å². The predicted molar refractivity (Wildman–Crippen MR) is 149 cm³/mol. The molecule has 3 aromatic carbocycles. The molecule has 1 heterocycles. The van der Waals surface area contributed by atoms with Gasteiger partial charge in [-0.15, -0.1) is 6.58 Å². The van der Waals surface area contributed by atoms with E-state index in [-0.39, 0.29) is 25.5 Å². The summed E-state index contributed by atoms with van der Waals surface area (Å²) in [6, 6.07) is 19.0. The van der Waals surface area contributed by atoms with Gasteiger partial charge in [-0.1, -0.05) is 52.3 Å². The fourth-order valence-electron chi connectivity index (χ4n) is 4.35. The number of hydrogen-bond donors (Lipinski definition) is 2. The lowest BCUT2D eigenvalue weighted by Crippen LogP contribution is -2.47. The third-order valence-electron chi connectivity index (χ3n) is 6.41. The summed E-state index contributed by atoms with van der Waals surface area (Å²) in [6.07, 6.45) is -3.01. The van der Waals surface area contributed by atoms with Gasteiger partial charge in [0.2, 0.25) is 5.90 Å². The fraction of sp³-hybridized carbons (Fsp3) is 0.267. The van der Waals surface area contributed by atoms with Gasteiger partial charge in [-0.05, 0) is 48.0 Å². The van der Waals surface area contributed by atoms with Crippen LogP contribution in [0.15, 0.2) is 94.9 Å². The van der Waals surface area contributed by atoms with E-state index >= 15 is 0 Å². The molecule has 0 saturated heterocycles. The summed E-state index contributed by atoms with van der Waals surface area (Å²) in [5, 5.41) is 11.8. The first kappa shape index (κ1) is 29.4. The third-order valence-corrected chi connectivity index (χ3v) is 7.13. The summed E-state index contributed by atoms with van der Waals surface area (Å²) >= 11 is 3.56. The number of carbonyl (C=O) groups excluding carboxylic acids is 1. The van der Waals surface area contributed by atoms with E-state index in [0.29, 0.717) is 35.5 Å². The van der Waals surface area contributed by atoms with Crippen molar-refractivity contribution in [3.8, 4) is 5.75 Å². The molecule has 0 unspecified atom stereocenters. The molecule has 210 valence electrons. The Labute approximate surface area is 238 Å². The van der Waals surface area contributed by atoms with Crippen molar-refractivity contribution >= 4 is 27.7 Å². The molecule has 1 aliphatic heterocycles. The van der Waals surface area contributed by atoms with Crippen LogP contribution < -0.4 is 10.1 Å². The maximum atomic E-state index is 13.8. The largest absolute Gasteiger partial charge is 0.494 e. The minimum atomic E-state index is -4.44. The number of nitrogens with one attached hydrogen (secondary N) is 1. The van der Waals surface area contributed by atoms with Gasteiger partial charge in [0.05, 0.1) is 12.2 Å². The average molecular weight is 617 g/mol. The predicted octanol–water partition coefficient (Wildman–Crippen LogP) is 6.38. The quantitative estimate of drug-likeness (QED) is 0.194. The Morgan fingerprint density at radius 3 is 2.45 bits per heavy atom. The van der Waals surface area contributed by atoms with E-state index in [4.69, 9.17) is 19.6 Å². The van der Waals surface area contributed by atoms with E-state index in [2.05, 4.69) is 27.8 Å². The van der Waals surface area contributed by atoms with Gasteiger partial charge in [-0.3, -0.25) is 4.79 Å². The summed E-state index contributed by atoms with van der Waals surface area (Å²) in [5.41, 5.74) is -0.344. The molecule has 0 aromatic heterocycles. The first-order valence-electron chi connectivity index (χ1n) is 12.6.